The topological polar surface area (TPSA) is 54.1 Å². The van der Waals surface area contributed by atoms with Gasteiger partial charge < -0.3 is 15.4 Å². The minimum Gasteiger partial charge on any atom is -0.379 e. The van der Waals surface area contributed by atoms with Crippen LogP contribution in [0.4, 0.5) is 0 Å². The van der Waals surface area contributed by atoms with Gasteiger partial charge in [0.1, 0.15) is 0 Å². The molecule has 0 aliphatic carbocycles. The molecule has 0 aromatic rings. The van der Waals surface area contributed by atoms with Gasteiger partial charge in [-0.1, -0.05) is 26.7 Å². The maximum atomic E-state index is 6.23. The summed E-state index contributed by atoms with van der Waals surface area (Å²) in [5.74, 6) is 3.75. The van der Waals surface area contributed by atoms with E-state index in [4.69, 9.17) is 15.5 Å². The number of nitrogens with two attached hydrogens (primary N) is 1. The second kappa shape index (κ2) is 11.8. The number of thioether (sulfide) groups is 1. The number of morpholine rings is 1. The van der Waals surface area contributed by atoms with Crippen LogP contribution in [-0.2, 0) is 4.74 Å². The molecule has 0 bridgehead atoms. The summed E-state index contributed by atoms with van der Waals surface area (Å²) >= 11 is 2.00. The highest BCUT2D eigenvalue weighted by Crippen LogP contribution is 2.20. The maximum absolute atomic E-state index is 6.23. The molecule has 136 valence electrons. The van der Waals surface area contributed by atoms with Crippen molar-refractivity contribution < 1.29 is 4.74 Å². The summed E-state index contributed by atoms with van der Waals surface area (Å²) in [5.41, 5.74) is 6.23. The van der Waals surface area contributed by atoms with Crippen LogP contribution in [0.1, 0.15) is 26.7 Å². The predicted octanol–water partition coefficient (Wildman–Crippen LogP) is 2.10. The highest BCUT2D eigenvalue weighted by atomic mass is 127. The molecule has 5 nitrogen and oxygen atoms in total. The van der Waals surface area contributed by atoms with Gasteiger partial charge in [0.25, 0.3) is 0 Å². The molecule has 2 heterocycles. The number of rotatable bonds is 6. The minimum atomic E-state index is 0. The van der Waals surface area contributed by atoms with Gasteiger partial charge >= 0.3 is 0 Å². The van der Waals surface area contributed by atoms with Gasteiger partial charge in [-0.15, -0.1) is 24.0 Å². The summed E-state index contributed by atoms with van der Waals surface area (Å²) in [6, 6.07) is 0.497. The molecule has 0 aromatic carbocycles. The third kappa shape index (κ3) is 6.59. The molecule has 0 saturated carbocycles. The number of guanidine groups is 1. The first-order chi connectivity index (χ1) is 10.8. The molecular weight excluding hydrogens is 423 g/mol. The van der Waals surface area contributed by atoms with Crippen LogP contribution >= 0.6 is 35.7 Å². The molecule has 0 radical (unpaired) electrons. The zero-order valence-electron chi connectivity index (χ0n) is 14.6. The standard InChI is InChI=1S/C16H32N4OS.HI/c1-3-14(4-2)15(19-5-9-21-10-6-19)13-18-16(17)20-7-11-22-12-8-20;/h14-15H,3-13H2,1-2H3,(H2,17,18);1H. The predicted molar refractivity (Wildman–Crippen MR) is 111 cm³/mol. The van der Waals surface area contributed by atoms with E-state index in [2.05, 4.69) is 23.6 Å². The molecule has 0 amide bonds. The van der Waals surface area contributed by atoms with E-state index >= 15 is 0 Å². The van der Waals surface area contributed by atoms with E-state index in [1.165, 1.54) is 12.8 Å². The van der Waals surface area contributed by atoms with Crippen LogP contribution in [0.15, 0.2) is 4.99 Å². The number of hydrogen-bond acceptors (Lipinski definition) is 4. The Morgan fingerprint density at radius 3 is 2.30 bits per heavy atom. The van der Waals surface area contributed by atoms with Crippen molar-refractivity contribution in [2.45, 2.75) is 32.7 Å². The Morgan fingerprint density at radius 1 is 1.13 bits per heavy atom. The number of hydrogen-bond donors (Lipinski definition) is 1. The third-order valence-electron chi connectivity index (χ3n) is 4.88. The smallest absolute Gasteiger partial charge is 0.191 e. The van der Waals surface area contributed by atoms with E-state index in [0.29, 0.717) is 12.0 Å². The lowest BCUT2D eigenvalue weighted by atomic mass is 9.92. The lowest BCUT2D eigenvalue weighted by molar-refractivity contribution is 0.00392. The van der Waals surface area contributed by atoms with Crippen LogP contribution in [0.25, 0.3) is 0 Å². The average Bonchev–Trinajstić information content (AvgIpc) is 2.60. The van der Waals surface area contributed by atoms with E-state index in [1.54, 1.807) is 0 Å². The number of aliphatic imine (C=N–C) groups is 1. The molecular formula is C16H33IN4OS. The first kappa shape index (κ1) is 21.3. The van der Waals surface area contributed by atoms with Gasteiger partial charge in [0, 0.05) is 43.7 Å². The van der Waals surface area contributed by atoms with Crippen LogP contribution < -0.4 is 5.73 Å². The fourth-order valence-corrected chi connectivity index (χ4v) is 4.29. The van der Waals surface area contributed by atoms with Crippen molar-refractivity contribution in [1.29, 1.82) is 0 Å². The Hall–Kier alpha value is 0.270. The van der Waals surface area contributed by atoms with Gasteiger partial charge in [-0.05, 0) is 5.92 Å². The van der Waals surface area contributed by atoms with Crippen molar-refractivity contribution in [2.24, 2.45) is 16.6 Å². The van der Waals surface area contributed by atoms with Crippen molar-refractivity contribution in [3.05, 3.63) is 0 Å². The van der Waals surface area contributed by atoms with Crippen LogP contribution in [0.5, 0.6) is 0 Å². The molecule has 0 spiro atoms. The van der Waals surface area contributed by atoms with E-state index in [9.17, 15) is 0 Å². The number of halogens is 1. The average molecular weight is 456 g/mol. The molecule has 2 fully saturated rings. The molecule has 2 saturated heterocycles. The van der Waals surface area contributed by atoms with Gasteiger partial charge in [0.15, 0.2) is 5.96 Å². The summed E-state index contributed by atoms with van der Waals surface area (Å²) in [6.07, 6.45) is 2.41. The second-order valence-corrected chi connectivity index (χ2v) is 7.32. The first-order valence-electron chi connectivity index (χ1n) is 8.70. The lowest BCUT2D eigenvalue weighted by Gasteiger charge is -2.38. The van der Waals surface area contributed by atoms with Crippen LogP contribution in [-0.4, -0.2) is 79.2 Å². The largest absolute Gasteiger partial charge is 0.379 e. The molecule has 1 unspecified atom stereocenters. The van der Waals surface area contributed by atoms with Gasteiger partial charge in [-0.25, -0.2) is 0 Å². The molecule has 2 rings (SSSR count). The van der Waals surface area contributed by atoms with E-state index in [-0.39, 0.29) is 24.0 Å². The summed E-state index contributed by atoms with van der Waals surface area (Å²) in [5, 5.41) is 0. The Bertz CT molecular complexity index is 343. The van der Waals surface area contributed by atoms with Gasteiger partial charge in [-0.3, -0.25) is 9.89 Å². The molecule has 2 aliphatic heterocycles. The monoisotopic (exact) mass is 456 g/mol. The first-order valence-corrected chi connectivity index (χ1v) is 9.86. The zero-order valence-corrected chi connectivity index (χ0v) is 17.7. The van der Waals surface area contributed by atoms with E-state index < -0.39 is 0 Å². The summed E-state index contributed by atoms with van der Waals surface area (Å²) in [7, 11) is 0. The number of ether oxygens (including phenoxy) is 1. The zero-order chi connectivity index (χ0) is 15.8. The summed E-state index contributed by atoms with van der Waals surface area (Å²) < 4.78 is 5.50. The normalized spacial score (nSPS) is 22.0. The Morgan fingerprint density at radius 2 is 1.74 bits per heavy atom. The summed E-state index contributed by atoms with van der Waals surface area (Å²) in [6.45, 7) is 11.2. The van der Waals surface area contributed by atoms with Crippen LogP contribution in [0.2, 0.25) is 0 Å². The van der Waals surface area contributed by atoms with Crippen molar-refractivity contribution in [3.8, 4) is 0 Å². The molecule has 1 atom stereocenters. The Labute approximate surface area is 162 Å². The molecule has 2 aliphatic rings. The van der Waals surface area contributed by atoms with Crippen LogP contribution in [0.3, 0.4) is 0 Å². The van der Waals surface area contributed by atoms with Crippen molar-refractivity contribution >= 4 is 41.7 Å². The molecule has 2 N–H and O–H groups in total. The van der Waals surface area contributed by atoms with E-state index in [0.717, 1.165) is 63.4 Å². The molecule has 0 aromatic heterocycles. The quantitative estimate of drug-likeness (QED) is 0.377. The number of nitrogens with zero attached hydrogens (tertiary/aromatic N) is 3. The van der Waals surface area contributed by atoms with E-state index in [1.807, 2.05) is 11.8 Å². The molecule has 7 heteroatoms. The van der Waals surface area contributed by atoms with Gasteiger partial charge in [0.05, 0.1) is 19.8 Å². The lowest BCUT2D eigenvalue weighted by Crippen LogP contribution is -2.49. The fourth-order valence-electron chi connectivity index (χ4n) is 3.38. The fraction of sp³-hybridized carbons (Fsp3) is 0.938. The highest BCUT2D eigenvalue weighted by molar-refractivity contribution is 14.0. The Kier molecular flexibility index (Phi) is 10.9. The summed E-state index contributed by atoms with van der Waals surface area (Å²) in [4.78, 5) is 9.56. The Balaban J connectivity index is 0.00000264. The molecule has 23 heavy (non-hydrogen) atoms. The van der Waals surface area contributed by atoms with Gasteiger partial charge in [-0.2, -0.15) is 11.8 Å². The van der Waals surface area contributed by atoms with Crippen molar-refractivity contribution in [1.82, 2.24) is 9.80 Å². The maximum Gasteiger partial charge on any atom is 0.191 e. The second-order valence-electron chi connectivity index (χ2n) is 6.09. The third-order valence-corrected chi connectivity index (χ3v) is 5.83. The van der Waals surface area contributed by atoms with Crippen molar-refractivity contribution in [2.75, 3.05) is 57.4 Å². The highest BCUT2D eigenvalue weighted by Gasteiger charge is 2.27. The van der Waals surface area contributed by atoms with Crippen LogP contribution in [0, 0.1) is 5.92 Å². The minimum absolute atomic E-state index is 0. The van der Waals surface area contributed by atoms with Crippen molar-refractivity contribution in [3.63, 3.8) is 0 Å². The SMILES string of the molecule is CCC(CC)C(CN=C(N)N1CCSCC1)N1CCOCC1.I. The van der Waals surface area contributed by atoms with Gasteiger partial charge in [0.2, 0.25) is 0 Å².